The van der Waals surface area contributed by atoms with Crippen molar-refractivity contribution in [2.75, 3.05) is 13.7 Å². The SMILES string of the molecule is COc1ccc(CCCNC(=O)c2ccc(S(=O)(=O)C(C)C)cc2)cc1. The molecule has 6 heteroatoms. The van der Waals surface area contributed by atoms with Gasteiger partial charge in [-0.25, -0.2) is 8.42 Å². The molecular formula is C20H25NO4S. The second kappa shape index (κ2) is 8.85. The number of carbonyl (C=O) groups excluding carboxylic acids is 1. The minimum absolute atomic E-state index is 0.201. The summed E-state index contributed by atoms with van der Waals surface area (Å²) in [6, 6.07) is 13.9. The summed E-state index contributed by atoms with van der Waals surface area (Å²) in [7, 11) is -1.68. The van der Waals surface area contributed by atoms with Crippen molar-refractivity contribution >= 4 is 15.7 Å². The van der Waals surface area contributed by atoms with Crippen molar-refractivity contribution in [1.29, 1.82) is 0 Å². The summed E-state index contributed by atoms with van der Waals surface area (Å²) in [5.41, 5.74) is 1.64. The maximum Gasteiger partial charge on any atom is 0.251 e. The maximum absolute atomic E-state index is 12.2. The van der Waals surface area contributed by atoms with Crippen molar-refractivity contribution in [3.8, 4) is 5.75 Å². The van der Waals surface area contributed by atoms with Crippen LogP contribution in [-0.4, -0.2) is 33.2 Å². The molecule has 2 aromatic rings. The smallest absolute Gasteiger partial charge is 0.251 e. The monoisotopic (exact) mass is 375 g/mol. The Morgan fingerprint density at radius 3 is 2.19 bits per heavy atom. The van der Waals surface area contributed by atoms with Crippen molar-refractivity contribution < 1.29 is 17.9 Å². The molecule has 0 heterocycles. The molecule has 0 aliphatic heterocycles. The standard InChI is InChI=1S/C20H25NO4S/c1-15(2)26(23,24)19-12-8-17(9-13-19)20(22)21-14-4-5-16-6-10-18(25-3)11-7-16/h6-13,15H,4-5,14H2,1-3H3,(H,21,22). The van der Waals surface area contributed by atoms with Gasteiger partial charge in [-0.3, -0.25) is 4.79 Å². The minimum atomic E-state index is -3.32. The normalized spacial score (nSPS) is 11.4. The first kappa shape index (κ1) is 20.0. The molecule has 2 rings (SSSR count). The number of nitrogens with one attached hydrogen (secondary N) is 1. The second-order valence-corrected chi connectivity index (χ2v) is 8.83. The fraction of sp³-hybridized carbons (Fsp3) is 0.350. The quantitative estimate of drug-likeness (QED) is 0.719. The molecule has 0 aromatic heterocycles. The molecule has 0 atom stereocenters. The second-order valence-electron chi connectivity index (χ2n) is 6.33. The molecule has 5 nitrogen and oxygen atoms in total. The van der Waals surface area contributed by atoms with Crippen LogP contribution in [0.25, 0.3) is 0 Å². The van der Waals surface area contributed by atoms with Crippen LogP contribution < -0.4 is 10.1 Å². The highest BCUT2D eigenvalue weighted by molar-refractivity contribution is 7.92. The van der Waals surface area contributed by atoms with E-state index in [9.17, 15) is 13.2 Å². The molecule has 0 spiro atoms. The summed E-state index contributed by atoms with van der Waals surface area (Å²) in [6.07, 6.45) is 1.67. The molecule has 0 saturated carbocycles. The fourth-order valence-corrected chi connectivity index (χ4v) is 3.52. The number of amides is 1. The van der Waals surface area contributed by atoms with Gasteiger partial charge in [-0.15, -0.1) is 0 Å². The number of hydrogen-bond donors (Lipinski definition) is 1. The van der Waals surface area contributed by atoms with E-state index in [1.54, 1.807) is 33.1 Å². The average Bonchev–Trinajstić information content (AvgIpc) is 2.65. The highest BCUT2D eigenvalue weighted by Gasteiger charge is 2.19. The van der Waals surface area contributed by atoms with Crippen LogP contribution >= 0.6 is 0 Å². The van der Waals surface area contributed by atoms with Crippen LogP contribution in [0.15, 0.2) is 53.4 Å². The zero-order chi connectivity index (χ0) is 19.2. The van der Waals surface area contributed by atoms with E-state index in [-0.39, 0.29) is 10.8 Å². The van der Waals surface area contributed by atoms with Crippen LogP contribution in [0.5, 0.6) is 5.75 Å². The number of aryl methyl sites for hydroxylation is 1. The summed E-state index contributed by atoms with van der Waals surface area (Å²) in [5, 5.41) is 2.37. The topological polar surface area (TPSA) is 72.5 Å². The summed E-state index contributed by atoms with van der Waals surface area (Å²) >= 11 is 0. The zero-order valence-electron chi connectivity index (χ0n) is 15.4. The van der Waals surface area contributed by atoms with E-state index in [0.717, 1.165) is 18.6 Å². The predicted molar refractivity (Wildman–Crippen MR) is 102 cm³/mol. The average molecular weight is 375 g/mol. The molecule has 0 aliphatic rings. The first-order valence-corrected chi connectivity index (χ1v) is 10.1. The Balaban J connectivity index is 1.84. The number of sulfone groups is 1. The molecule has 1 amide bonds. The van der Waals surface area contributed by atoms with Gasteiger partial charge < -0.3 is 10.1 Å². The summed E-state index contributed by atoms with van der Waals surface area (Å²) in [6.45, 7) is 3.83. The van der Waals surface area contributed by atoms with E-state index in [4.69, 9.17) is 4.74 Å². The lowest BCUT2D eigenvalue weighted by Gasteiger charge is -2.09. The molecule has 140 valence electrons. The largest absolute Gasteiger partial charge is 0.497 e. The summed E-state index contributed by atoms with van der Waals surface area (Å²) in [4.78, 5) is 12.4. The number of hydrogen-bond acceptors (Lipinski definition) is 4. The van der Waals surface area contributed by atoms with Crippen LogP contribution in [0.3, 0.4) is 0 Å². The maximum atomic E-state index is 12.2. The Morgan fingerprint density at radius 1 is 1.04 bits per heavy atom. The van der Waals surface area contributed by atoms with Gasteiger partial charge in [0.05, 0.1) is 17.3 Å². The van der Waals surface area contributed by atoms with Crippen molar-refractivity contribution in [3.63, 3.8) is 0 Å². The Bertz CT molecular complexity index is 825. The van der Waals surface area contributed by atoms with Gasteiger partial charge in [-0.2, -0.15) is 0 Å². The first-order chi connectivity index (χ1) is 12.3. The lowest BCUT2D eigenvalue weighted by molar-refractivity contribution is 0.0953. The zero-order valence-corrected chi connectivity index (χ0v) is 16.2. The molecule has 26 heavy (non-hydrogen) atoms. The number of rotatable bonds is 8. The van der Waals surface area contributed by atoms with Crippen LogP contribution in [0, 0.1) is 0 Å². The predicted octanol–water partition coefficient (Wildman–Crippen LogP) is 3.24. The first-order valence-electron chi connectivity index (χ1n) is 8.59. The molecule has 0 aliphatic carbocycles. The van der Waals surface area contributed by atoms with Crippen molar-refractivity contribution in [1.82, 2.24) is 5.32 Å². The van der Waals surface area contributed by atoms with E-state index in [0.29, 0.717) is 12.1 Å². The van der Waals surface area contributed by atoms with Gasteiger partial charge in [0.1, 0.15) is 5.75 Å². The lowest BCUT2D eigenvalue weighted by atomic mass is 10.1. The van der Waals surface area contributed by atoms with E-state index in [1.807, 2.05) is 24.3 Å². The number of ether oxygens (including phenoxy) is 1. The van der Waals surface area contributed by atoms with Gasteiger partial charge in [0.2, 0.25) is 0 Å². The van der Waals surface area contributed by atoms with E-state index in [2.05, 4.69) is 5.32 Å². The van der Waals surface area contributed by atoms with E-state index < -0.39 is 15.1 Å². The Hall–Kier alpha value is -2.34. The molecule has 0 fully saturated rings. The molecule has 0 bridgehead atoms. The van der Waals surface area contributed by atoms with Gasteiger partial charge in [-0.05, 0) is 68.7 Å². The number of methoxy groups -OCH3 is 1. The van der Waals surface area contributed by atoms with Gasteiger partial charge in [0, 0.05) is 12.1 Å². The summed E-state index contributed by atoms with van der Waals surface area (Å²) < 4.78 is 29.3. The van der Waals surface area contributed by atoms with Crippen LogP contribution in [-0.2, 0) is 16.3 Å². The van der Waals surface area contributed by atoms with E-state index in [1.165, 1.54) is 17.7 Å². The van der Waals surface area contributed by atoms with E-state index >= 15 is 0 Å². The molecule has 1 N–H and O–H groups in total. The van der Waals surface area contributed by atoms with Gasteiger partial charge in [-0.1, -0.05) is 12.1 Å². The molecule has 0 unspecified atom stereocenters. The van der Waals surface area contributed by atoms with Gasteiger partial charge in [0.15, 0.2) is 9.84 Å². The molecule has 0 saturated heterocycles. The van der Waals surface area contributed by atoms with Gasteiger partial charge >= 0.3 is 0 Å². The molecular weight excluding hydrogens is 350 g/mol. The Kier molecular flexibility index (Phi) is 6.80. The Morgan fingerprint density at radius 2 is 1.65 bits per heavy atom. The van der Waals surface area contributed by atoms with Crippen molar-refractivity contribution in [2.45, 2.75) is 36.8 Å². The molecule has 2 aromatic carbocycles. The number of carbonyl (C=O) groups is 1. The summed E-state index contributed by atoms with van der Waals surface area (Å²) in [5.74, 6) is 0.623. The van der Waals surface area contributed by atoms with Crippen molar-refractivity contribution in [2.24, 2.45) is 0 Å². The fourth-order valence-electron chi connectivity index (χ4n) is 2.46. The number of benzene rings is 2. The van der Waals surface area contributed by atoms with Crippen LogP contribution in [0.4, 0.5) is 0 Å². The highest BCUT2D eigenvalue weighted by Crippen LogP contribution is 2.16. The minimum Gasteiger partial charge on any atom is -0.497 e. The van der Waals surface area contributed by atoms with Gasteiger partial charge in [0.25, 0.3) is 5.91 Å². The Labute approximate surface area is 155 Å². The van der Waals surface area contributed by atoms with Crippen molar-refractivity contribution in [3.05, 3.63) is 59.7 Å². The third-order valence-corrected chi connectivity index (χ3v) is 6.32. The van der Waals surface area contributed by atoms with Crippen LogP contribution in [0.2, 0.25) is 0 Å². The molecule has 0 radical (unpaired) electrons. The third kappa shape index (κ3) is 5.08. The van der Waals surface area contributed by atoms with Crippen LogP contribution in [0.1, 0.15) is 36.2 Å². The lowest BCUT2D eigenvalue weighted by Crippen LogP contribution is -2.24. The highest BCUT2D eigenvalue weighted by atomic mass is 32.2. The third-order valence-electron chi connectivity index (χ3n) is 4.15.